The Kier molecular flexibility index (Phi) is 35.2. The number of rotatable bonds is 27. The molecular weight excluding hydrogens is 1980 g/mol. The van der Waals surface area contributed by atoms with Crippen LogP contribution in [0, 0.1) is 11.3 Å². The highest BCUT2D eigenvalue weighted by molar-refractivity contribution is 9.10. The second kappa shape index (κ2) is 49.1. The number of aliphatic imine (C=N–C) groups is 5. The molecule has 1 N–H and O–H groups in total. The Bertz CT molecular complexity index is 7330. The van der Waals surface area contributed by atoms with E-state index in [2.05, 4.69) is 285 Å². The van der Waals surface area contributed by atoms with Crippen LogP contribution in [0.5, 0.6) is 5.75 Å². The summed E-state index contributed by atoms with van der Waals surface area (Å²) >= 11 is 30.0. The lowest BCUT2D eigenvalue weighted by Gasteiger charge is -2.26. The van der Waals surface area contributed by atoms with Gasteiger partial charge in [0.05, 0.1) is 56.5 Å². The van der Waals surface area contributed by atoms with Gasteiger partial charge in [-0.25, -0.2) is 0 Å². The minimum Gasteiger partial charge on any atom is -0.496 e. The van der Waals surface area contributed by atoms with Gasteiger partial charge in [-0.2, -0.15) is 31.6 Å². The van der Waals surface area contributed by atoms with E-state index in [1.165, 1.54) is 136 Å². The molecule has 23 heteroatoms. The number of ether oxygens (including phenoxy) is 1. The third kappa shape index (κ3) is 25.5. The van der Waals surface area contributed by atoms with Crippen LogP contribution in [-0.2, 0) is 83.1 Å². The summed E-state index contributed by atoms with van der Waals surface area (Å²) in [4.78, 5) is 32.4. The molecule has 5 aliphatic heterocycles. The van der Waals surface area contributed by atoms with Crippen molar-refractivity contribution in [3.05, 3.63) is 428 Å². The zero-order valence-corrected chi connectivity index (χ0v) is 87.1. The highest BCUT2D eigenvalue weighted by Crippen LogP contribution is 2.41. The van der Waals surface area contributed by atoms with Gasteiger partial charge in [0.15, 0.2) is 0 Å². The number of halogens is 11. The molecule has 5 heterocycles. The fourth-order valence-electron chi connectivity index (χ4n) is 20.9. The predicted molar refractivity (Wildman–Crippen MR) is 595 cm³/mol. The Labute approximate surface area is 880 Å². The Morgan fingerprint density at radius 3 is 1.24 bits per heavy atom. The lowest BCUT2D eigenvalue weighted by molar-refractivity contribution is -0.143. The van der Waals surface area contributed by atoms with Crippen LogP contribution in [0.1, 0.15) is 153 Å². The summed E-state index contributed by atoms with van der Waals surface area (Å²) in [5, 5.41) is 26.3. The van der Waals surface area contributed by atoms with Crippen LogP contribution in [0.4, 0.5) is 26.3 Å². The lowest BCUT2D eigenvalue weighted by Crippen LogP contribution is -2.37. The Balaban J connectivity index is 0.000000126. The smallest absolute Gasteiger partial charge is 0.416 e. The summed E-state index contributed by atoms with van der Waals surface area (Å²) in [6.07, 6.45) is 5.03. The third-order valence-electron chi connectivity index (χ3n) is 28.1. The summed E-state index contributed by atoms with van der Waals surface area (Å²) < 4.78 is 86.5. The van der Waals surface area contributed by atoms with Crippen molar-refractivity contribution in [3.8, 4) is 11.8 Å². The standard InChI is InChI=1S/C27H22BrClF6N2O.C25H25ClN2.2C24H25ClN2.C23H21N3/c1-38-24-8-6-20(28)13-17(24)5-7-21-22(3-2-4-23(21)29)25-36-9-10-37(25)15-16-11-18(26(30,31)32)14-19(12-16)27(33,34)35;26-22-12-6-11-21(25-27-23-13-3-4-14-24(23)28-25)20(22)16-15-18-9-5-8-17-7-1-2-10-19(17)18;1-17(2)27-16-15-26-24(27)22-11-6-12-23(25)21(22)14-13-19-9-5-8-18-7-3-4-10-20(18)19;1-2-16-27-17-15-26-24(27)22-11-6-12-23(25)21(22)14-13-19-9-5-8-18-7-3-4-10-20(18)19;24-14-16-26-17-15-25-23(26)22-11-4-2-7-20(22)13-12-19-9-5-8-18-6-1-3-10-21(18)19/h2-4,6,8,11-14H,5,7,9-10,15H2,1H3;1-2,5-12,23-24H,3-4,13-16H2,(H,27,28);3-12,17H,13-16H2,1-2H3;3-12H,2,13-17H2,1H3;1-11H,12-13,15-17H2/t;23-,24?;;;/m.0.../s1. The van der Waals surface area contributed by atoms with Crippen LogP contribution in [0.2, 0.25) is 20.1 Å². The van der Waals surface area contributed by atoms with E-state index in [0.29, 0.717) is 72.8 Å². The van der Waals surface area contributed by atoms with Crippen molar-refractivity contribution in [2.45, 2.75) is 154 Å². The second-order valence-electron chi connectivity index (χ2n) is 37.8. The predicted octanol–water partition coefficient (Wildman–Crippen LogP) is 29.8. The van der Waals surface area contributed by atoms with Crippen molar-refractivity contribution >= 4 is 135 Å². The van der Waals surface area contributed by atoms with Crippen molar-refractivity contribution in [2.24, 2.45) is 25.0 Å². The molecule has 21 rings (SSSR count). The molecule has 1 fully saturated rings. The van der Waals surface area contributed by atoms with Gasteiger partial charge in [-0.3, -0.25) is 25.0 Å². The number of benzene rings is 15. The fraction of sp³-hybridized carbons (Fsp3) is 0.285. The van der Waals surface area contributed by atoms with Gasteiger partial charge in [-0.1, -0.05) is 325 Å². The van der Waals surface area contributed by atoms with Crippen molar-refractivity contribution < 1.29 is 31.1 Å². The SMILES string of the molecule is CC(C)N1CCN=C1c1cccc(Cl)c1CCc1cccc2ccccc12.CCCN1CCN=C1c1cccc(Cl)c1CCc1cccc2ccccc12.COc1ccc(Br)cc1CCc1c(Cl)cccc1C1=NCCN1Cc1cc(C(F)(F)F)cc(C(F)(F)F)c1.Clc1cccc(C2=N[C@H]3CCCCC3N2)c1CCc1cccc2ccccc12.N#CCN1CCN=C1c1ccccc1CCc1cccc2ccccc12. The molecule has 0 saturated heterocycles. The molecule has 0 radical (unpaired) electrons. The average molecular weight is 2100 g/mol. The van der Waals surface area contributed by atoms with Gasteiger partial charge in [0, 0.05) is 104 Å². The molecule has 15 aromatic carbocycles. The molecule has 0 spiro atoms. The van der Waals surface area contributed by atoms with Gasteiger partial charge < -0.3 is 29.7 Å². The van der Waals surface area contributed by atoms with E-state index in [4.69, 9.17) is 71.4 Å². The highest BCUT2D eigenvalue weighted by Gasteiger charge is 2.39. The number of nitrogens with zero attached hydrogens (tertiary/aromatic N) is 10. The van der Waals surface area contributed by atoms with Gasteiger partial charge in [-0.05, 0) is 262 Å². The molecule has 748 valence electrons. The molecule has 0 bridgehead atoms. The quantitative estimate of drug-likeness (QED) is 0.0402. The Morgan fingerprint density at radius 1 is 0.404 bits per heavy atom. The molecule has 2 atom stereocenters. The van der Waals surface area contributed by atoms with Crippen LogP contribution in [0.15, 0.2) is 333 Å². The van der Waals surface area contributed by atoms with Crippen molar-refractivity contribution in [1.29, 1.82) is 5.26 Å². The molecule has 15 aromatic rings. The fourth-order valence-corrected chi connectivity index (χ4v) is 22.4. The summed E-state index contributed by atoms with van der Waals surface area (Å²) in [6, 6.07) is 104. The van der Waals surface area contributed by atoms with E-state index in [1.54, 1.807) is 24.1 Å². The van der Waals surface area contributed by atoms with Crippen molar-refractivity contribution in [3.63, 3.8) is 0 Å². The Hall–Kier alpha value is -12.8. The van der Waals surface area contributed by atoms with Crippen LogP contribution in [0.25, 0.3) is 43.1 Å². The first kappa shape index (κ1) is 105. The molecule has 12 nitrogen and oxygen atoms in total. The average Bonchev–Trinajstić information content (AvgIpc) is 1.69. The molecular formula is C123H118BrCl4F6N11O. The number of alkyl halides is 6. The number of methoxy groups -OCH3 is 1. The largest absolute Gasteiger partial charge is 0.496 e. The van der Waals surface area contributed by atoms with E-state index < -0.39 is 23.5 Å². The van der Waals surface area contributed by atoms with Crippen LogP contribution < -0.4 is 10.1 Å². The first-order valence-electron chi connectivity index (χ1n) is 50.5. The number of hydrogen-bond donors (Lipinski definition) is 1. The van der Waals surface area contributed by atoms with E-state index in [9.17, 15) is 26.3 Å². The monoisotopic (exact) mass is 2100 g/mol. The van der Waals surface area contributed by atoms with Gasteiger partial charge in [-0.15, -0.1) is 0 Å². The molecule has 0 aromatic heterocycles. The highest BCUT2D eigenvalue weighted by atomic mass is 79.9. The normalized spacial score (nSPS) is 15.4. The molecule has 146 heavy (non-hydrogen) atoms. The molecule has 0 amide bonds. The molecule has 1 unspecified atom stereocenters. The summed E-state index contributed by atoms with van der Waals surface area (Å²) in [5.74, 6) is 5.43. The molecule has 6 aliphatic rings. The summed E-state index contributed by atoms with van der Waals surface area (Å²) in [7, 11) is 1.58. The van der Waals surface area contributed by atoms with Crippen LogP contribution in [0.3, 0.4) is 0 Å². The molecule has 1 saturated carbocycles. The minimum atomic E-state index is -4.91. The van der Waals surface area contributed by atoms with E-state index in [0.717, 1.165) is 170 Å². The van der Waals surface area contributed by atoms with Gasteiger partial charge in [0.1, 0.15) is 41.5 Å². The van der Waals surface area contributed by atoms with E-state index >= 15 is 0 Å². The van der Waals surface area contributed by atoms with Gasteiger partial charge in [0.2, 0.25) is 0 Å². The number of amidine groups is 5. The zero-order chi connectivity index (χ0) is 102. The maximum atomic E-state index is 13.4. The summed E-state index contributed by atoms with van der Waals surface area (Å²) in [5.41, 5.74) is 14.8. The van der Waals surface area contributed by atoms with Gasteiger partial charge in [0.25, 0.3) is 0 Å². The third-order valence-corrected chi connectivity index (χ3v) is 30.0. The minimum absolute atomic E-state index is 0.107. The second-order valence-corrected chi connectivity index (χ2v) is 40.4. The maximum absolute atomic E-state index is 13.4. The summed E-state index contributed by atoms with van der Waals surface area (Å²) in [6.45, 7) is 14.0. The number of fused-ring (bicyclic) bond motifs is 5. The first-order valence-corrected chi connectivity index (χ1v) is 52.8. The number of nitriles is 1. The lowest BCUT2D eigenvalue weighted by atomic mass is 9.92. The van der Waals surface area contributed by atoms with Gasteiger partial charge >= 0.3 is 12.4 Å². The topological polar surface area (TPSA) is 120 Å². The van der Waals surface area contributed by atoms with Crippen molar-refractivity contribution in [1.82, 2.24) is 24.9 Å². The number of aryl methyl sites for hydroxylation is 6. The zero-order valence-electron chi connectivity index (χ0n) is 82.5. The number of nitrogens with one attached hydrogen (secondary N) is 1. The van der Waals surface area contributed by atoms with E-state index in [1.807, 2.05) is 60.7 Å². The van der Waals surface area contributed by atoms with Crippen LogP contribution in [-0.4, -0.2) is 139 Å². The van der Waals surface area contributed by atoms with Crippen molar-refractivity contribution in [2.75, 3.05) is 72.6 Å². The Morgan fingerprint density at radius 2 is 0.774 bits per heavy atom. The maximum Gasteiger partial charge on any atom is 0.416 e. The van der Waals surface area contributed by atoms with Crippen LogP contribution >= 0.6 is 62.3 Å². The first-order chi connectivity index (χ1) is 70.9. The molecule has 1 aliphatic carbocycles. The van der Waals surface area contributed by atoms with E-state index in [-0.39, 0.29) is 18.2 Å². The number of hydrogen-bond acceptors (Lipinski definition) is 12.